The Balaban J connectivity index is 1.55. The average molecular weight is 318 g/mol. The van der Waals surface area contributed by atoms with Crippen LogP contribution in [0.25, 0.3) is 0 Å². The molecule has 0 bridgehead atoms. The van der Waals surface area contributed by atoms with Crippen molar-refractivity contribution in [3.63, 3.8) is 0 Å². The Morgan fingerprint density at radius 1 is 1.35 bits per heavy atom. The molecule has 1 amide bonds. The van der Waals surface area contributed by atoms with E-state index in [0.29, 0.717) is 24.3 Å². The van der Waals surface area contributed by atoms with Gasteiger partial charge in [-0.05, 0) is 43.2 Å². The minimum absolute atomic E-state index is 0.313. The molecule has 1 aromatic rings. The second-order valence-electron chi connectivity index (χ2n) is 7.58. The first-order valence-electron chi connectivity index (χ1n) is 9.17. The number of carbonyl (C=O) groups excluding carboxylic acids is 1. The van der Waals surface area contributed by atoms with Gasteiger partial charge < -0.3 is 14.2 Å². The molecule has 4 heteroatoms. The molecule has 0 unspecified atom stereocenters. The van der Waals surface area contributed by atoms with E-state index in [-0.39, 0.29) is 0 Å². The van der Waals surface area contributed by atoms with Gasteiger partial charge in [-0.25, -0.2) is 0 Å². The zero-order valence-corrected chi connectivity index (χ0v) is 14.5. The maximum absolute atomic E-state index is 12.7. The van der Waals surface area contributed by atoms with Gasteiger partial charge in [0.2, 0.25) is 5.91 Å². The molecular weight excluding hydrogens is 288 g/mol. The molecule has 2 fully saturated rings. The molecular formula is C19H30N2O2. The molecule has 128 valence electrons. The van der Waals surface area contributed by atoms with Gasteiger partial charge in [-0.15, -0.1) is 0 Å². The van der Waals surface area contributed by atoms with Gasteiger partial charge in [-0.2, -0.15) is 0 Å². The number of aryl methyl sites for hydroxylation is 1. The number of hydrogen-bond acceptors (Lipinski definition) is 3. The Bertz CT molecular complexity index is 497. The normalized spacial score (nSPS) is 25.6. The number of rotatable bonds is 5. The van der Waals surface area contributed by atoms with Crippen LogP contribution in [0, 0.1) is 11.8 Å². The fraction of sp³-hybridized carbons (Fsp3) is 0.737. The molecule has 3 heterocycles. The van der Waals surface area contributed by atoms with Crippen LogP contribution in [-0.4, -0.2) is 47.9 Å². The molecule has 0 N–H and O–H groups in total. The zero-order valence-electron chi connectivity index (χ0n) is 14.5. The van der Waals surface area contributed by atoms with Gasteiger partial charge in [-0.3, -0.25) is 4.79 Å². The highest BCUT2D eigenvalue weighted by Gasteiger charge is 2.37. The summed E-state index contributed by atoms with van der Waals surface area (Å²) in [6.45, 7) is 9.03. The van der Waals surface area contributed by atoms with Crippen molar-refractivity contribution in [1.82, 2.24) is 9.80 Å². The molecule has 2 aliphatic rings. The molecule has 0 spiro atoms. The van der Waals surface area contributed by atoms with Gasteiger partial charge in [0.25, 0.3) is 0 Å². The minimum Gasteiger partial charge on any atom is -0.469 e. The lowest BCUT2D eigenvalue weighted by Crippen LogP contribution is -2.56. The minimum atomic E-state index is 0.313. The predicted octanol–water partition coefficient (Wildman–Crippen LogP) is 3.18. The fourth-order valence-electron chi connectivity index (χ4n) is 4.30. The van der Waals surface area contributed by atoms with E-state index in [1.165, 1.54) is 19.5 Å². The van der Waals surface area contributed by atoms with E-state index in [1.807, 2.05) is 12.1 Å². The Hall–Kier alpha value is -1.29. The van der Waals surface area contributed by atoms with Crippen LogP contribution < -0.4 is 0 Å². The Morgan fingerprint density at radius 3 is 2.96 bits per heavy atom. The Kier molecular flexibility index (Phi) is 5.42. The molecule has 0 saturated carbocycles. The van der Waals surface area contributed by atoms with Crippen LogP contribution in [-0.2, 0) is 11.2 Å². The number of hydrogen-bond donors (Lipinski definition) is 0. The van der Waals surface area contributed by atoms with E-state index >= 15 is 0 Å². The van der Waals surface area contributed by atoms with Gasteiger partial charge in [0, 0.05) is 45.1 Å². The molecule has 0 aliphatic carbocycles. The third-order valence-electron chi connectivity index (χ3n) is 5.26. The van der Waals surface area contributed by atoms with E-state index in [2.05, 4.69) is 23.6 Å². The Morgan fingerprint density at radius 2 is 2.22 bits per heavy atom. The summed E-state index contributed by atoms with van der Waals surface area (Å²) in [5, 5.41) is 0. The van der Waals surface area contributed by atoms with Crippen molar-refractivity contribution in [2.75, 3.05) is 26.2 Å². The summed E-state index contributed by atoms with van der Waals surface area (Å²) in [5.74, 6) is 2.62. The van der Waals surface area contributed by atoms with Gasteiger partial charge in [0.15, 0.2) is 0 Å². The zero-order chi connectivity index (χ0) is 16.2. The number of piperidine rings is 2. The molecule has 4 nitrogen and oxygen atoms in total. The van der Waals surface area contributed by atoms with Gasteiger partial charge >= 0.3 is 0 Å². The summed E-state index contributed by atoms with van der Waals surface area (Å²) in [7, 11) is 0. The van der Waals surface area contributed by atoms with E-state index in [9.17, 15) is 4.79 Å². The van der Waals surface area contributed by atoms with Crippen LogP contribution in [0.15, 0.2) is 22.8 Å². The lowest BCUT2D eigenvalue weighted by atomic mass is 9.83. The van der Waals surface area contributed by atoms with Crippen LogP contribution >= 0.6 is 0 Å². The lowest BCUT2D eigenvalue weighted by Gasteiger charge is -2.47. The Labute approximate surface area is 139 Å². The van der Waals surface area contributed by atoms with Crippen LogP contribution in [0.5, 0.6) is 0 Å². The van der Waals surface area contributed by atoms with E-state index in [0.717, 1.165) is 44.0 Å². The average Bonchev–Trinajstić information content (AvgIpc) is 3.04. The van der Waals surface area contributed by atoms with Gasteiger partial charge in [0.1, 0.15) is 5.76 Å². The van der Waals surface area contributed by atoms with E-state index in [1.54, 1.807) is 6.26 Å². The third-order valence-corrected chi connectivity index (χ3v) is 5.26. The molecule has 2 saturated heterocycles. The fourth-order valence-corrected chi connectivity index (χ4v) is 4.30. The van der Waals surface area contributed by atoms with Crippen LogP contribution in [0.4, 0.5) is 0 Å². The number of likely N-dealkylation sites (tertiary alicyclic amines) is 2. The van der Waals surface area contributed by atoms with Crippen molar-refractivity contribution < 1.29 is 9.21 Å². The second kappa shape index (κ2) is 7.52. The number of carbonyl (C=O) groups is 1. The highest BCUT2D eigenvalue weighted by molar-refractivity contribution is 5.77. The maximum atomic E-state index is 12.7. The molecule has 23 heavy (non-hydrogen) atoms. The van der Waals surface area contributed by atoms with Gasteiger partial charge in [-0.1, -0.05) is 13.8 Å². The largest absolute Gasteiger partial charge is 0.469 e. The molecule has 0 aromatic carbocycles. The van der Waals surface area contributed by atoms with Crippen LogP contribution in [0.2, 0.25) is 0 Å². The predicted molar refractivity (Wildman–Crippen MR) is 91.1 cm³/mol. The number of amides is 1. The van der Waals surface area contributed by atoms with Crippen LogP contribution in [0.3, 0.4) is 0 Å². The quantitative estimate of drug-likeness (QED) is 0.836. The van der Waals surface area contributed by atoms with Crippen molar-refractivity contribution in [1.29, 1.82) is 0 Å². The first kappa shape index (κ1) is 16.6. The number of furan rings is 1. The molecule has 2 aliphatic heterocycles. The van der Waals surface area contributed by atoms with Crippen molar-refractivity contribution in [2.24, 2.45) is 11.8 Å². The number of nitrogens with zero attached hydrogens (tertiary/aromatic N) is 2. The first-order valence-corrected chi connectivity index (χ1v) is 9.17. The molecule has 0 radical (unpaired) electrons. The molecule has 2 atom stereocenters. The second-order valence-corrected chi connectivity index (χ2v) is 7.58. The summed E-state index contributed by atoms with van der Waals surface area (Å²) in [6.07, 6.45) is 6.56. The summed E-state index contributed by atoms with van der Waals surface area (Å²) in [5.41, 5.74) is 0. The topological polar surface area (TPSA) is 36.7 Å². The maximum Gasteiger partial charge on any atom is 0.223 e. The van der Waals surface area contributed by atoms with Crippen LogP contribution in [0.1, 0.15) is 45.3 Å². The van der Waals surface area contributed by atoms with E-state index < -0.39 is 0 Å². The number of fused-ring (bicyclic) bond motifs is 1. The smallest absolute Gasteiger partial charge is 0.223 e. The first-order chi connectivity index (χ1) is 11.1. The van der Waals surface area contributed by atoms with E-state index in [4.69, 9.17) is 4.42 Å². The molecule has 1 aromatic heterocycles. The summed E-state index contributed by atoms with van der Waals surface area (Å²) in [6, 6.07) is 4.31. The lowest BCUT2D eigenvalue weighted by molar-refractivity contribution is -0.138. The van der Waals surface area contributed by atoms with Crippen molar-refractivity contribution in [3.8, 4) is 0 Å². The SMILES string of the molecule is CC(C)CN1CC[C@H]2[C@H](CCCN2C(=O)CCc2ccco2)C1. The standard InChI is InChI=1S/C19H30N2O2/c1-15(2)13-20-11-9-18-16(14-20)5-3-10-21(18)19(22)8-7-17-6-4-12-23-17/h4,6,12,15-16,18H,3,5,7-11,13-14H2,1-2H3/t16-,18+/m1/s1. The monoisotopic (exact) mass is 318 g/mol. The van der Waals surface area contributed by atoms with Crippen molar-refractivity contribution >= 4 is 5.91 Å². The summed E-state index contributed by atoms with van der Waals surface area (Å²) >= 11 is 0. The highest BCUT2D eigenvalue weighted by atomic mass is 16.3. The van der Waals surface area contributed by atoms with Gasteiger partial charge in [0.05, 0.1) is 6.26 Å². The third kappa shape index (κ3) is 4.17. The summed E-state index contributed by atoms with van der Waals surface area (Å²) in [4.78, 5) is 17.5. The summed E-state index contributed by atoms with van der Waals surface area (Å²) < 4.78 is 5.35. The highest BCUT2D eigenvalue weighted by Crippen LogP contribution is 2.31. The van der Waals surface area contributed by atoms with Crippen molar-refractivity contribution in [2.45, 2.75) is 52.0 Å². The molecule has 3 rings (SSSR count). The van der Waals surface area contributed by atoms with Crippen molar-refractivity contribution in [3.05, 3.63) is 24.2 Å².